The van der Waals surface area contributed by atoms with Gasteiger partial charge in [0.05, 0.1) is 6.10 Å². The summed E-state index contributed by atoms with van der Waals surface area (Å²) >= 11 is 0. The minimum atomic E-state index is -0.969. The zero-order valence-corrected chi connectivity index (χ0v) is 11.4. The Bertz CT molecular complexity index is 419. The molecule has 0 fully saturated rings. The van der Waals surface area contributed by atoms with Crippen LogP contribution in [0.2, 0.25) is 0 Å². The molecule has 0 spiro atoms. The van der Waals surface area contributed by atoms with Gasteiger partial charge in [-0.15, -0.1) is 0 Å². The van der Waals surface area contributed by atoms with Crippen molar-refractivity contribution >= 4 is 5.97 Å². The van der Waals surface area contributed by atoms with Crippen molar-refractivity contribution in [2.24, 2.45) is 0 Å². The first kappa shape index (κ1) is 14.5. The van der Waals surface area contributed by atoms with Crippen LogP contribution >= 0.6 is 0 Å². The molecule has 0 saturated heterocycles. The fraction of sp³-hybridized carbons (Fsp3) is 0.500. The quantitative estimate of drug-likeness (QED) is 0.814. The van der Waals surface area contributed by atoms with Gasteiger partial charge in [-0.25, -0.2) is 0 Å². The normalized spacial score (nSPS) is 15.8. The zero-order valence-electron chi connectivity index (χ0n) is 11.4. The van der Waals surface area contributed by atoms with E-state index in [0.29, 0.717) is 6.42 Å². The lowest BCUT2D eigenvalue weighted by atomic mass is 9.95. The van der Waals surface area contributed by atoms with E-state index in [1.807, 2.05) is 38.1 Å². The molecule has 1 aromatic rings. The minimum absolute atomic E-state index is 0.180. The van der Waals surface area contributed by atoms with Gasteiger partial charge in [0.1, 0.15) is 11.3 Å². The topological polar surface area (TPSA) is 58.6 Å². The summed E-state index contributed by atoms with van der Waals surface area (Å²) in [5.41, 5.74) is 0.151. The van der Waals surface area contributed by atoms with E-state index in [-0.39, 0.29) is 6.10 Å². The molecule has 0 aliphatic carbocycles. The fourth-order valence-corrected chi connectivity index (χ4v) is 1.83. The van der Waals surface area contributed by atoms with Gasteiger partial charge in [0.25, 0.3) is 0 Å². The van der Waals surface area contributed by atoms with Gasteiger partial charge in [-0.05, 0) is 45.5 Å². The Kier molecular flexibility index (Phi) is 4.73. The van der Waals surface area contributed by atoms with E-state index in [1.165, 1.54) is 0 Å². The molecule has 0 amide bonds. The van der Waals surface area contributed by atoms with Crippen molar-refractivity contribution in [3.63, 3.8) is 0 Å². The largest absolute Gasteiger partial charge is 0.491 e. The van der Waals surface area contributed by atoms with Crippen LogP contribution in [0.4, 0.5) is 0 Å². The van der Waals surface area contributed by atoms with Crippen LogP contribution in [0.25, 0.3) is 0 Å². The molecule has 0 heterocycles. The average molecular weight is 251 g/mol. The number of carboxylic acids is 1. The number of ether oxygens (including phenoxy) is 1. The molecule has 0 aliphatic heterocycles. The third-order valence-corrected chi connectivity index (χ3v) is 3.05. The van der Waals surface area contributed by atoms with Gasteiger partial charge in [0.2, 0.25) is 0 Å². The second kappa shape index (κ2) is 5.87. The first-order chi connectivity index (χ1) is 8.37. The molecule has 100 valence electrons. The maximum absolute atomic E-state index is 11.2. The summed E-state index contributed by atoms with van der Waals surface area (Å²) in [4.78, 5) is 11.2. The molecule has 4 nitrogen and oxygen atoms in total. The summed E-state index contributed by atoms with van der Waals surface area (Å²) < 4.78 is 5.74. The molecule has 0 bridgehead atoms. The number of aryl methyl sites for hydroxylation is 1. The van der Waals surface area contributed by atoms with Gasteiger partial charge in [-0.2, -0.15) is 0 Å². The van der Waals surface area contributed by atoms with Gasteiger partial charge in [-0.3, -0.25) is 4.79 Å². The van der Waals surface area contributed by atoms with Crippen LogP contribution in [-0.2, 0) is 4.79 Å². The molecule has 1 aromatic carbocycles. The van der Waals surface area contributed by atoms with Crippen molar-refractivity contribution < 1.29 is 14.6 Å². The highest BCUT2D eigenvalue weighted by atomic mass is 16.5. The summed E-state index contributed by atoms with van der Waals surface area (Å²) in [5, 5.41) is 12.0. The highest BCUT2D eigenvalue weighted by Gasteiger charge is 2.33. The lowest BCUT2D eigenvalue weighted by Gasteiger charge is -2.27. The number of hydrogen-bond donors (Lipinski definition) is 2. The van der Waals surface area contributed by atoms with E-state index in [4.69, 9.17) is 4.74 Å². The predicted octanol–water partition coefficient (Wildman–Crippen LogP) is 2.22. The summed E-state index contributed by atoms with van der Waals surface area (Å²) in [6, 6.07) is 7.73. The van der Waals surface area contributed by atoms with Crippen LogP contribution in [-0.4, -0.2) is 29.8 Å². The molecule has 2 unspecified atom stereocenters. The van der Waals surface area contributed by atoms with E-state index >= 15 is 0 Å². The van der Waals surface area contributed by atoms with Crippen molar-refractivity contribution in [3.05, 3.63) is 29.8 Å². The smallest absolute Gasteiger partial charge is 0.323 e. The van der Waals surface area contributed by atoms with E-state index in [1.54, 1.807) is 14.0 Å². The minimum Gasteiger partial charge on any atom is -0.491 e. The van der Waals surface area contributed by atoms with E-state index in [0.717, 1.165) is 11.3 Å². The lowest BCUT2D eigenvalue weighted by molar-refractivity contribution is -0.145. The van der Waals surface area contributed by atoms with Gasteiger partial charge >= 0.3 is 5.97 Å². The number of carboxylic acid groups (broad SMARTS) is 1. The molecule has 0 aliphatic rings. The fourth-order valence-electron chi connectivity index (χ4n) is 1.83. The van der Waals surface area contributed by atoms with E-state index in [2.05, 4.69) is 5.32 Å². The molecule has 0 radical (unpaired) electrons. The van der Waals surface area contributed by atoms with Crippen LogP contribution in [0.1, 0.15) is 25.8 Å². The van der Waals surface area contributed by atoms with Crippen LogP contribution in [0.3, 0.4) is 0 Å². The summed E-state index contributed by atoms with van der Waals surface area (Å²) in [7, 11) is 1.65. The molecule has 0 aromatic heterocycles. The van der Waals surface area contributed by atoms with Crippen LogP contribution in [0.5, 0.6) is 5.75 Å². The molecule has 0 saturated carbocycles. The third kappa shape index (κ3) is 3.74. The Balaban J connectivity index is 2.66. The van der Waals surface area contributed by atoms with Gasteiger partial charge in [-0.1, -0.05) is 12.1 Å². The van der Waals surface area contributed by atoms with Gasteiger partial charge < -0.3 is 15.2 Å². The summed E-state index contributed by atoms with van der Waals surface area (Å²) in [5.74, 6) is -0.101. The predicted molar refractivity (Wildman–Crippen MR) is 71.0 cm³/mol. The van der Waals surface area contributed by atoms with Gasteiger partial charge in [0, 0.05) is 6.42 Å². The Morgan fingerprint density at radius 1 is 1.56 bits per heavy atom. The molecule has 4 heteroatoms. The first-order valence-corrected chi connectivity index (χ1v) is 6.03. The third-order valence-electron chi connectivity index (χ3n) is 3.05. The molecular weight excluding hydrogens is 230 g/mol. The number of aliphatic carboxylic acids is 1. The Labute approximate surface area is 108 Å². The van der Waals surface area contributed by atoms with Crippen LogP contribution in [0.15, 0.2) is 24.3 Å². The highest BCUT2D eigenvalue weighted by Crippen LogP contribution is 2.19. The Hall–Kier alpha value is -1.55. The first-order valence-electron chi connectivity index (χ1n) is 6.03. The summed E-state index contributed by atoms with van der Waals surface area (Å²) in [6.07, 6.45) is 0.215. The number of likely N-dealkylation sites (N-methyl/N-ethyl adjacent to an activating group) is 1. The van der Waals surface area contributed by atoms with Crippen LogP contribution < -0.4 is 10.1 Å². The zero-order chi connectivity index (χ0) is 13.8. The summed E-state index contributed by atoms with van der Waals surface area (Å²) in [6.45, 7) is 5.53. The Morgan fingerprint density at radius 2 is 2.22 bits per heavy atom. The SMILES string of the molecule is CNC(C)(CC(C)Oc1cccc(C)c1)C(=O)O. The second-order valence-corrected chi connectivity index (χ2v) is 4.84. The standard InChI is InChI=1S/C14H21NO3/c1-10-6-5-7-12(8-10)18-11(2)9-14(3,15-4)13(16)17/h5-8,11,15H,9H2,1-4H3,(H,16,17). The number of hydrogen-bond acceptors (Lipinski definition) is 3. The molecule has 2 atom stereocenters. The number of carbonyl (C=O) groups is 1. The lowest BCUT2D eigenvalue weighted by Crippen LogP contribution is -2.50. The number of benzene rings is 1. The Morgan fingerprint density at radius 3 is 2.72 bits per heavy atom. The van der Waals surface area contributed by atoms with E-state index < -0.39 is 11.5 Å². The molecule has 2 N–H and O–H groups in total. The highest BCUT2D eigenvalue weighted by molar-refractivity contribution is 5.78. The van der Waals surface area contributed by atoms with Crippen molar-refractivity contribution in [3.8, 4) is 5.75 Å². The number of nitrogens with one attached hydrogen (secondary N) is 1. The average Bonchev–Trinajstić information content (AvgIpc) is 2.28. The second-order valence-electron chi connectivity index (χ2n) is 4.84. The maximum atomic E-state index is 11.2. The van der Waals surface area contributed by atoms with Gasteiger partial charge in [0.15, 0.2) is 0 Å². The van der Waals surface area contributed by atoms with Crippen molar-refractivity contribution in [2.75, 3.05) is 7.05 Å². The molecule has 18 heavy (non-hydrogen) atoms. The number of rotatable bonds is 6. The van der Waals surface area contributed by atoms with Crippen molar-refractivity contribution in [1.82, 2.24) is 5.32 Å². The molecular formula is C14H21NO3. The van der Waals surface area contributed by atoms with Crippen molar-refractivity contribution in [2.45, 2.75) is 38.8 Å². The van der Waals surface area contributed by atoms with Crippen molar-refractivity contribution in [1.29, 1.82) is 0 Å². The monoisotopic (exact) mass is 251 g/mol. The maximum Gasteiger partial charge on any atom is 0.323 e. The van der Waals surface area contributed by atoms with Crippen LogP contribution in [0, 0.1) is 6.92 Å². The molecule has 1 rings (SSSR count). The van der Waals surface area contributed by atoms with E-state index in [9.17, 15) is 9.90 Å².